The Kier molecular flexibility index (Phi) is 3.84. The van der Waals surface area contributed by atoms with E-state index in [-0.39, 0.29) is 5.02 Å². The van der Waals surface area contributed by atoms with Crippen LogP contribution in [0.4, 0.5) is 8.78 Å². The number of benzene rings is 1. The molecule has 0 aromatic heterocycles. The minimum atomic E-state index is -2.10. The molecule has 0 saturated heterocycles. The first-order valence-electron chi connectivity index (χ1n) is 3.74. The maximum atomic E-state index is 13.3. The monoisotopic (exact) mass is 238 g/mol. The first-order valence-corrected chi connectivity index (χ1v) is 4.65. The third-order valence-corrected chi connectivity index (χ3v) is 2.26. The van der Waals surface area contributed by atoms with Crippen molar-refractivity contribution in [2.75, 3.05) is 5.88 Å². The molecule has 1 aromatic rings. The molecule has 0 heterocycles. The number of hydrogen-bond donors (Lipinski definition) is 0. The molecule has 1 aromatic carbocycles. The van der Waals surface area contributed by atoms with Crippen LogP contribution < -0.4 is 0 Å². The van der Waals surface area contributed by atoms with Crippen LogP contribution in [0, 0.1) is 5.82 Å². The standard InChI is InChI=1S/C9H6Cl2F2O/c10-4-7(14)9(13)8-5(11)2-1-3-6(8)12/h1-3,9H,4H2. The van der Waals surface area contributed by atoms with Gasteiger partial charge >= 0.3 is 0 Å². The zero-order valence-corrected chi connectivity index (χ0v) is 8.45. The zero-order valence-electron chi connectivity index (χ0n) is 6.94. The average molecular weight is 239 g/mol. The number of halogens is 4. The molecule has 76 valence electrons. The van der Waals surface area contributed by atoms with Crippen LogP contribution in [0.2, 0.25) is 5.02 Å². The molecule has 14 heavy (non-hydrogen) atoms. The second kappa shape index (κ2) is 4.71. The number of Topliss-reactive ketones (excluding diaryl/α,β-unsaturated/α-hetero) is 1. The molecule has 0 radical (unpaired) electrons. The van der Waals surface area contributed by atoms with Gasteiger partial charge in [0.05, 0.1) is 10.9 Å². The number of ketones is 1. The highest BCUT2D eigenvalue weighted by atomic mass is 35.5. The summed E-state index contributed by atoms with van der Waals surface area (Å²) in [5, 5.41) is -0.115. The Morgan fingerprint density at radius 3 is 2.64 bits per heavy atom. The Morgan fingerprint density at radius 2 is 2.14 bits per heavy atom. The summed E-state index contributed by atoms with van der Waals surface area (Å²) in [6.45, 7) is 0. The van der Waals surface area contributed by atoms with Crippen LogP contribution in [0.1, 0.15) is 11.7 Å². The lowest BCUT2D eigenvalue weighted by molar-refractivity contribution is -0.121. The summed E-state index contributed by atoms with van der Waals surface area (Å²) in [5.41, 5.74) is -0.445. The van der Waals surface area contributed by atoms with E-state index in [1.165, 1.54) is 12.1 Å². The molecule has 0 N–H and O–H groups in total. The minimum Gasteiger partial charge on any atom is -0.295 e. The molecule has 0 aliphatic heterocycles. The maximum Gasteiger partial charge on any atom is 0.189 e. The lowest BCUT2D eigenvalue weighted by atomic mass is 10.1. The van der Waals surface area contributed by atoms with E-state index in [1.54, 1.807) is 0 Å². The predicted molar refractivity (Wildman–Crippen MR) is 51.0 cm³/mol. The molecule has 0 saturated carbocycles. The fourth-order valence-electron chi connectivity index (χ4n) is 0.982. The maximum absolute atomic E-state index is 13.3. The number of carbonyl (C=O) groups excluding carboxylic acids is 1. The SMILES string of the molecule is O=C(CCl)C(F)c1c(F)cccc1Cl. The van der Waals surface area contributed by atoms with Crippen molar-refractivity contribution in [3.63, 3.8) is 0 Å². The van der Waals surface area contributed by atoms with Crippen molar-refractivity contribution in [1.82, 2.24) is 0 Å². The molecule has 0 fully saturated rings. The third-order valence-electron chi connectivity index (χ3n) is 1.67. The fraction of sp³-hybridized carbons (Fsp3) is 0.222. The highest BCUT2D eigenvalue weighted by molar-refractivity contribution is 6.32. The molecule has 0 spiro atoms. The van der Waals surface area contributed by atoms with E-state index < -0.39 is 29.2 Å². The van der Waals surface area contributed by atoms with Gasteiger partial charge < -0.3 is 0 Å². The molecule has 1 nitrogen and oxygen atoms in total. The molecule has 0 bridgehead atoms. The van der Waals surface area contributed by atoms with Crippen LogP contribution in [0.3, 0.4) is 0 Å². The topological polar surface area (TPSA) is 17.1 Å². The summed E-state index contributed by atoms with van der Waals surface area (Å²) in [5.74, 6) is -2.26. The van der Waals surface area contributed by atoms with Gasteiger partial charge in [-0.05, 0) is 12.1 Å². The van der Waals surface area contributed by atoms with Gasteiger partial charge in [-0.2, -0.15) is 0 Å². The van der Waals surface area contributed by atoms with Gasteiger partial charge in [0.1, 0.15) is 5.82 Å². The van der Waals surface area contributed by atoms with Crippen molar-refractivity contribution < 1.29 is 13.6 Å². The number of hydrogen-bond acceptors (Lipinski definition) is 1. The molecule has 0 aliphatic rings. The number of alkyl halides is 2. The summed E-state index contributed by atoms with van der Waals surface area (Å²) in [4.78, 5) is 10.9. The van der Waals surface area contributed by atoms with Crippen molar-refractivity contribution in [3.05, 3.63) is 34.6 Å². The summed E-state index contributed by atoms with van der Waals surface area (Å²) < 4.78 is 26.4. The van der Waals surface area contributed by atoms with Crippen molar-refractivity contribution in [2.24, 2.45) is 0 Å². The van der Waals surface area contributed by atoms with Crippen LogP contribution in [0.15, 0.2) is 18.2 Å². The first-order chi connectivity index (χ1) is 6.57. The molecular formula is C9H6Cl2F2O. The average Bonchev–Trinajstić information content (AvgIpc) is 2.16. The third kappa shape index (κ3) is 2.22. The van der Waals surface area contributed by atoms with Crippen molar-refractivity contribution in [2.45, 2.75) is 6.17 Å². The highest BCUT2D eigenvalue weighted by Crippen LogP contribution is 2.29. The van der Waals surface area contributed by atoms with Crippen molar-refractivity contribution in [1.29, 1.82) is 0 Å². The van der Waals surface area contributed by atoms with E-state index >= 15 is 0 Å². The highest BCUT2D eigenvalue weighted by Gasteiger charge is 2.24. The van der Waals surface area contributed by atoms with Gasteiger partial charge in [-0.15, -0.1) is 11.6 Å². The van der Waals surface area contributed by atoms with Gasteiger partial charge in [-0.3, -0.25) is 4.79 Å². The Labute approximate surface area is 89.6 Å². The molecule has 1 atom stereocenters. The molecular weight excluding hydrogens is 233 g/mol. The molecule has 5 heteroatoms. The normalized spacial score (nSPS) is 12.6. The summed E-state index contributed by atoms with van der Waals surface area (Å²) in [6, 6.07) is 3.68. The van der Waals surface area contributed by atoms with Crippen LogP contribution in [-0.4, -0.2) is 11.7 Å². The Balaban J connectivity index is 3.11. The van der Waals surface area contributed by atoms with Gasteiger partial charge in [-0.1, -0.05) is 17.7 Å². The van der Waals surface area contributed by atoms with Crippen LogP contribution in [0.25, 0.3) is 0 Å². The Morgan fingerprint density at radius 1 is 1.50 bits per heavy atom. The smallest absolute Gasteiger partial charge is 0.189 e. The lowest BCUT2D eigenvalue weighted by Gasteiger charge is -2.08. The van der Waals surface area contributed by atoms with Crippen molar-refractivity contribution in [3.8, 4) is 0 Å². The van der Waals surface area contributed by atoms with Crippen molar-refractivity contribution >= 4 is 29.0 Å². The second-order valence-corrected chi connectivity index (χ2v) is 3.27. The zero-order chi connectivity index (χ0) is 10.7. The molecule has 0 amide bonds. The van der Waals surface area contributed by atoms with Gasteiger partial charge in [0.25, 0.3) is 0 Å². The number of rotatable bonds is 3. The van der Waals surface area contributed by atoms with E-state index in [0.717, 1.165) is 6.07 Å². The minimum absolute atomic E-state index is 0.115. The quantitative estimate of drug-likeness (QED) is 0.739. The van der Waals surface area contributed by atoms with Crippen LogP contribution in [-0.2, 0) is 4.79 Å². The van der Waals surface area contributed by atoms with Crippen LogP contribution >= 0.6 is 23.2 Å². The van der Waals surface area contributed by atoms with Gasteiger partial charge in [0.15, 0.2) is 12.0 Å². The summed E-state index contributed by atoms with van der Waals surface area (Å²) >= 11 is 10.7. The summed E-state index contributed by atoms with van der Waals surface area (Å²) in [6.07, 6.45) is -2.10. The Hall–Kier alpha value is -0.670. The van der Waals surface area contributed by atoms with E-state index in [4.69, 9.17) is 23.2 Å². The van der Waals surface area contributed by atoms with E-state index in [0.29, 0.717) is 0 Å². The molecule has 0 aliphatic carbocycles. The molecule has 1 unspecified atom stereocenters. The van der Waals surface area contributed by atoms with E-state index in [1.807, 2.05) is 0 Å². The van der Waals surface area contributed by atoms with Gasteiger partial charge in [-0.25, -0.2) is 8.78 Å². The van der Waals surface area contributed by atoms with E-state index in [2.05, 4.69) is 0 Å². The second-order valence-electron chi connectivity index (χ2n) is 2.60. The fourth-order valence-corrected chi connectivity index (χ4v) is 1.38. The van der Waals surface area contributed by atoms with Crippen LogP contribution in [0.5, 0.6) is 0 Å². The largest absolute Gasteiger partial charge is 0.295 e. The predicted octanol–water partition coefficient (Wildman–Crippen LogP) is 3.30. The Bertz CT molecular complexity index is 334. The lowest BCUT2D eigenvalue weighted by Crippen LogP contribution is -2.11. The first kappa shape index (κ1) is 11.4. The van der Waals surface area contributed by atoms with E-state index in [9.17, 15) is 13.6 Å². The summed E-state index contributed by atoms with van der Waals surface area (Å²) in [7, 11) is 0. The number of carbonyl (C=O) groups is 1. The molecule has 1 rings (SSSR count). The van der Waals surface area contributed by atoms with Gasteiger partial charge in [0, 0.05) is 5.56 Å². The van der Waals surface area contributed by atoms with Gasteiger partial charge in [0.2, 0.25) is 0 Å².